The van der Waals surface area contributed by atoms with E-state index in [1.807, 2.05) is 67.3 Å². The van der Waals surface area contributed by atoms with Gasteiger partial charge in [-0.15, -0.1) is 0 Å². The monoisotopic (exact) mass is 326 g/mol. The molecule has 0 aliphatic rings. The van der Waals surface area contributed by atoms with Crippen molar-refractivity contribution in [1.82, 2.24) is 4.90 Å². The van der Waals surface area contributed by atoms with Gasteiger partial charge in [0.2, 0.25) is 5.91 Å². The Morgan fingerprint density at radius 2 is 1.83 bits per heavy atom. The van der Waals surface area contributed by atoms with Gasteiger partial charge in [-0.3, -0.25) is 4.79 Å². The van der Waals surface area contributed by atoms with E-state index in [1.54, 1.807) is 0 Å². The van der Waals surface area contributed by atoms with E-state index in [-0.39, 0.29) is 5.91 Å². The predicted molar refractivity (Wildman–Crippen MR) is 97.9 cm³/mol. The number of nitrogen functional groups attached to an aromatic ring is 1. The van der Waals surface area contributed by atoms with Gasteiger partial charge in [-0.1, -0.05) is 36.4 Å². The Morgan fingerprint density at radius 3 is 2.46 bits per heavy atom. The number of hydrogen-bond acceptors (Lipinski definition) is 3. The number of carbonyl (C=O) groups excluding carboxylic acids is 1. The number of carbonyl (C=O) groups is 1. The van der Waals surface area contributed by atoms with Crippen molar-refractivity contribution in [2.24, 2.45) is 0 Å². The van der Waals surface area contributed by atoms with Crippen molar-refractivity contribution in [2.75, 3.05) is 18.9 Å². The van der Waals surface area contributed by atoms with Crippen LogP contribution in [-0.2, 0) is 17.8 Å². The summed E-state index contributed by atoms with van der Waals surface area (Å²) < 4.78 is 5.44. The predicted octanol–water partition coefficient (Wildman–Crippen LogP) is 3.65. The Labute approximate surface area is 144 Å². The highest BCUT2D eigenvalue weighted by atomic mass is 16.5. The Morgan fingerprint density at radius 1 is 1.08 bits per heavy atom. The first-order valence-corrected chi connectivity index (χ1v) is 8.47. The van der Waals surface area contributed by atoms with Crippen LogP contribution in [0.15, 0.2) is 48.5 Å². The molecule has 0 saturated carbocycles. The van der Waals surface area contributed by atoms with E-state index >= 15 is 0 Å². The van der Waals surface area contributed by atoms with E-state index < -0.39 is 0 Å². The Bertz CT molecular complexity index is 656. The molecule has 2 N–H and O–H groups in total. The molecule has 0 bridgehead atoms. The molecule has 0 fully saturated rings. The Kier molecular flexibility index (Phi) is 6.67. The van der Waals surface area contributed by atoms with Gasteiger partial charge < -0.3 is 15.4 Å². The maximum absolute atomic E-state index is 12.5. The molecule has 0 atom stereocenters. The number of amides is 1. The summed E-state index contributed by atoms with van der Waals surface area (Å²) in [5, 5.41) is 0. The zero-order valence-corrected chi connectivity index (χ0v) is 14.5. The van der Waals surface area contributed by atoms with Gasteiger partial charge in [0.15, 0.2) is 0 Å². The summed E-state index contributed by atoms with van der Waals surface area (Å²) in [6, 6.07) is 15.8. The second-order valence-electron chi connectivity index (χ2n) is 5.70. The smallest absolute Gasteiger partial charge is 0.223 e. The van der Waals surface area contributed by atoms with Crippen molar-refractivity contribution >= 4 is 11.6 Å². The van der Waals surface area contributed by atoms with Crippen LogP contribution in [0.25, 0.3) is 0 Å². The maximum atomic E-state index is 12.5. The molecule has 0 unspecified atom stereocenters. The molecule has 0 saturated heterocycles. The van der Waals surface area contributed by atoms with Crippen LogP contribution in [0.4, 0.5) is 5.69 Å². The lowest BCUT2D eigenvalue weighted by Crippen LogP contribution is -2.30. The van der Waals surface area contributed by atoms with Crippen molar-refractivity contribution < 1.29 is 9.53 Å². The average molecular weight is 326 g/mol. The number of aryl methyl sites for hydroxylation is 1. The molecule has 0 spiro atoms. The minimum atomic E-state index is 0.161. The number of nitrogens with zero attached hydrogens (tertiary/aromatic N) is 1. The topological polar surface area (TPSA) is 55.6 Å². The molecule has 2 rings (SSSR count). The highest BCUT2D eigenvalue weighted by Crippen LogP contribution is 2.23. The molecule has 4 nitrogen and oxygen atoms in total. The number of hydrogen-bond donors (Lipinski definition) is 1. The molecule has 0 heterocycles. The van der Waals surface area contributed by atoms with Gasteiger partial charge in [0.1, 0.15) is 5.75 Å². The number of benzene rings is 2. The SMILES string of the molecule is CCOc1ccc(CCC(=O)N(CC)Cc2ccccc2)cc1N. The molecule has 2 aromatic rings. The van der Waals surface area contributed by atoms with E-state index in [2.05, 4.69) is 0 Å². The van der Waals surface area contributed by atoms with Gasteiger partial charge in [-0.2, -0.15) is 0 Å². The molecule has 0 aliphatic carbocycles. The van der Waals surface area contributed by atoms with E-state index in [1.165, 1.54) is 0 Å². The minimum absolute atomic E-state index is 0.161. The highest BCUT2D eigenvalue weighted by molar-refractivity contribution is 5.76. The van der Waals surface area contributed by atoms with Crippen LogP contribution >= 0.6 is 0 Å². The first kappa shape index (κ1) is 17.9. The van der Waals surface area contributed by atoms with E-state index in [0.29, 0.717) is 44.0 Å². The molecule has 24 heavy (non-hydrogen) atoms. The molecule has 0 radical (unpaired) electrons. The summed E-state index contributed by atoms with van der Waals surface area (Å²) in [6.45, 7) is 5.89. The molecule has 2 aromatic carbocycles. The largest absolute Gasteiger partial charge is 0.492 e. The Hall–Kier alpha value is -2.49. The first-order chi connectivity index (χ1) is 11.6. The van der Waals surface area contributed by atoms with E-state index in [9.17, 15) is 4.79 Å². The lowest BCUT2D eigenvalue weighted by molar-refractivity contribution is -0.131. The summed E-state index contributed by atoms with van der Waals surface area (Å²) in [6.07, 6.45) is 1.16. The molecule has 128 valence electrons. The third-order valence-corrected chi connectivity index (χ3v) is 3.95. The fourth-order valence-electron chi connectivity index (χ4n) is 2.63. The molecular formula is C20H26N2O2. The number of nitrogens with two attached hydrogens (primary N) is 1. The molecule has 4 heteroatoms. The van der Waals surface area contributed by atoms with Gasteiger partial charge in [0, 0.05) is 19.5 Å². The van der Waals surface area contributed by atoms with Gasteiger partial charge >= 0.3 is 0 Å². The van der Waals surface area contributed by atoms with Crippen molar-refractivity contribution in [3.8, 4) is 5.75 Å². The fourth-order valence-corrected chi connectivity index (χ4v) is 2.63. The third kappa shape index (κ3) is 5.01. The van der Waals surface area contributed by atoms with Crippen LogP contribution in [0.1, 0.15) is 31.4 Å². The standard InChI is InChI=1S/C20H26N2O2/c1-3-22(15-17-8-6-5-7-9-17)20(23)13-11-16-10-12-19(24-4-2)18(21)14-16/h5-10,12,14H,3-4,11,13,15,21H2,1-2H3. The molecular weight excluding hydrogens is 300 g/mol. The maximum Gasteiger partial charge on any atom is 0.223 e. The summed E-state index contributed by atoms with van der Waals surface area (Å²) in [5.74, 6) is 0.862. The van der Waals surface area contributed by atoms with Gasteiger partial charge in [0.05, 0.1) is 12.3 Å². The number of anilines is 1. The summed E-state index contributed by atoms with van der Waals surface area (Å²) in [7, 11) is 0. The van der Waals surface area contributed by atoms with Crippen LogP contribution in [0, 0.1) is 0 Å². The first-order valence-electron chi connectivity index (χ1n) is 8.47. The quantitative estimate of drug-likeness (QED) is 0.753. The van der Waals surface area contributed by atoms with Gasteiger partial charge in [-0.25, -0.2) is 0 Å². The number of rotatable bonds is 8. The molecule has 1 amide bonds. The van der Waals surface area contributed by atoms with Crippen molar-refractivity contribution in [1.29, 1.82) is 0 Å². The summed E-state index contributed by atoms with van der Waals surface area (Å²) in [5.41, 5.74) is 8.81. The number of ether oxygens (including phenoxy) is 1. The van der Waals surface area contributed by atoms with Crippen LogP contribution < -0.4 is 10.5 Å². The van der Waals surface area contributed by atoms with E-state index in [0.717, 1.165) is 11.1 Å². The van der Waals surface area contributed by atoms with Crippen LogP contribution in [0.3, 0.4) is 0 Å². The zero-order valence-electron chi connectivity index (χ0n) is 14.5. The second-order valence-corrected chi connectivity index (χ2v) is 5.70. The minimum Gasteiger partial charge on any atom is -0.492 e. The van der Waals surface area contributed by atoms with Crippen LogP contribution in [0.5, 0.6) is 5.75 Å². The highest BCUT2D eigenvalue weighted by Gasteiger charge is 2.12. The summed E-state index contributed by atoms with van der Waals surface area (Å²) in [4.78, 5) is 14.4. The van der Waals surface area contributed by atoms with Crippen LogP contribution in [0.2, 0.25) is 0 Å². The van der Waals surface area contributed by atoms with E-state index in [4.69, 9.17) is 10.5 Å². The lowest BCUT2D eigenvalue weighted by Gasteiger charge is -2.21. The second kappa shape index (κ2) is 8.96. The summed E-state index contributed by atoms with van der Waals surface area (Å²) >= 11 is 0. The van der Waals surface area contributed by atoms with Crippen LogP contribution in [-0.4, -0.2) is 24.0 Å². The lowest BCUT2D eigenvalue weighted by atomic mass is 10.1. The normalized spacial score (nSPS) is 10.4. The van der Waals surface area contributed by atoms with Gasteiger partial charge in [-0.05, 0) is 43.5 Å². The fraction of sp³-hybridized carbons (Fsp3) is 0.350. The molecule has 0 aromatic heterocycles. The van der Waals surface area contributed by atoms with Crippen molar-refractivity contribution in [3.63, 3.8) is 0 Å². The van der Waals surface area contributed by atoms with Gasteiger partial charge in [0.25, 0.3) is 0 Å². The Balaban J connectivity index is 1.92. The molecule has 0 aliphatic heterocycles. The zero-order chi connectivity index (χ0) is 17.4. The van der Waals surface area contributed by atoms with Crippen molar-refractivity contribution in [2.45, 2.75) is 33.2 Å². The third-order valence-electron chi connectivity index (χ3n) is 3.95. The average Bonchev–Trinajstić information content (AvgIpc) is 2.60. The van der Waals surface area contributed by atoms with Crippen molar-refractivity contribution in [3.05, 3.63) is 59.7 Å².